The summed E-state index contributed by atoms with van der Waals surface area (Å²) < 4.78 is 0. The van der Waals surface area contributed by atoms with E-state index in [1.165, 1.54) is 18.4 Å². The average Bonchev–Trinajstić information content (AvgIpc) is 2.41. The van der Waals surface area contributed by atoms with Crippen LogP contribution in [0, 0.1) is 37.5 Å². The third-order valence-electron chi connectivity index (χ3n) is 5.00. The number of aryl methyl sites for hydroxylation is 2. The highest BCUT2D eigenvalue weighted by molar-refractivity contribution is 5.93. The van der Waals surface area contributed by atoms with Crippen molar-refractivity contribution >= 4 is 11.6 Å². The largest absolute Gasteiger partial charge is 0.326 e. The van der Waals surface area contributed by atoms with Crippen LogP contribution in [-0.2, 0) is 4.79 Å². The first-order chi connectivity index (χ1) is 9.88. The summed E-state index contributed by atoms with van der Waals surface area (Å²) in [5.74, 6) is 2.14. The normalized spacial score (nSPS) is 25.9. The van der Waals surface area contributed by atoms with Crippen molar-refractivity contribution < 1.29 is 4.79 Å². The van der Waals surface area contributed by atoms with E-state index in [2.05, 4.69) is 52.1 Å². The average molecular weight is 287 g/mol. The van der Waals surface area contributed by atoms with Gasteiger partial charge in [-0.3, -0.25) is 4.79 Å². The standard InChI is InChI=1S/C19H29NO/c1-12(2)16-8-6-14(4)11-17(16)19(21)20-18-9-7-13(3)10-15(18)5/h7,9-10,12,14,16-17H,6,8,11H2,1-5H3,(H,20,21)/t14?,16-,17+/m0/s1. The lowest BCUT2D eigenvalue weighted by molar-refractivity contribution is -0.124. The van der Waals surface area contributed by atoms with Crippen LogP contribution in [0.5, 0.6) is 0 Å². The first kappa shape index (κ1) is 16.1. The van der Waals surface area contributed by atoms with Gasteiger partial charge in [0.25, 0.3) is 0 Å². The Hall–Kier alpha value is -1.31. The van der Waals surface area contributed by atoms with Crippen LogP contribution in [-0.4, -0.2) is 5.91 Å². The predicted molar refractivity (Wildman–Crippen MR) is 89.4 cm³/mol. The molecule has 2 rings (SSSR count). The molecule has 0 saturated heterocycles. The summed E-state index contributed by atoms with van der Waals surface area (Å²) >= 11 is 0. The van der Waals surface area contributed by atoms with Crippen LogP contribution < -0.4 is 5.32 Å². The van der Waals surface area contributed by atoms with Crippen LogP contribution in [0.4, 0.5) is 5.69 Å². The summed E-state index contributed by atoms with van der Waals surface area (Å²) in [4.78, 5) is 12.8. The lowest BCUT2D eigenvalue weighted by Crippen LogP contribution is -2.36. The van der Waals surface area contributed by atoms with Gasteiger partial charge in [-0.2, -0.15) is 0 Å². The number of rotatable bonds is 3. The Morgan fingerprint density at radius 1 is 1.24 bits per heavy atom. The molecule has 116 valence electrons. The molecule has 0 radical (unpaired) electrons. The van der Waals surface area contributed by atoms with Crippen molar-refractivity contribution in [1.82, 2.24) is 0 Å². The number of carbonyl (C=O) groups is 1. The summed E-state index contributed by atoms with van der Waals surface area (Å²) in [6.45, 7) is 10.9. The fourth-order valence-electron chi connectivity index (χ4n) is 3.68. The van der Waals surface area contributed by atoms with E-state index in [1.807, 2.05) is 6.07 Å². The molecule has 0 aliphatic heterocycles. The highest BCUT2D eigenvalue weighted by atomic mass is 16.1. The minimum absolute atomic E-state index is 0.162. The van der Waals surface area contributed by atoms with Gasteiger partial charge < -0.3 is 5.32 Å². The smallest absolute Gasteiger partial charge is 0.227 e. The summed E-state index contributed by atoms with van der Waals surface area (Å²) in [6.07, 6.45) is 3.47. The van der Waals surface area contributed by atoms with Gasteiger partial charge in [0.2, 0.25) is 5.91 Å². The zero-order chi connectivity index (χ0) is 15.6. The molecular formula is C19H29NO. The topological polar surface area (TPSA) is 29.1 Å². The molecule has 2 nitrogen and oxygen atoms in total. The summed E-state index contributed by atoms with van der Waals surface area (Å²) in [6, 6.07) is 6.21. The van der Waals surface area contributed by atoms with Gasteiger partial charge in [0.15, 0.2) is 0 Å². The maximum atomic E-state index is 12.8. The quantitative estimate of drug-likeness (QED) is 0.837. The molecule has 1 aromatic rings. The second kappa shape index (κ2) is 6.64. The molecule has 0 spiro atoms. The van der Waals surface area contributed by atoms with E-state index in [4.69, 9.17) is 0 Å². The number of benzene rings is 1. The van der Waals surface area contributed by atoms with Crippen molar-refractivity contribution in [1.29, 1.82) is 0 Å². The zero-order valence-corrected chi connectivity index (χ0v) is 14.1. The number of amides is 1. The van der Waals surface area contributed by atoms with Gasteiger partial charge >= 0.3 is 0 Å². The van der Waals surface area contributed by atoms with E-state index in [0.29, 0.717) is 17.8 Å². The fourth-order valence-corrected chi connectivity index (χ4v) is 3.68. The Labute approximate surface area is 129 Å². The van der Waals surface area contributed by atoms with Crippen molar-refractivity contribution in [2.24, 2.45) is 23.7 Å². The third-order valence-corrected chi connectivity index (χ3v) is 5.00. The van der Waals surface area contributed by atoms with Crippen molar-refractivity contribution in [2.45, 2.75) is 53.9 Å². The second-order valence-electron chi connectivity index (χ2n) is 7.24. The molecule has 2 heteroatoms. The Kier molecular flexibility index (Phi) is 5.08. The van der Waals surface area contributed by atoms with Gasteiger partial charge in [0.1, 0.15) is 0 Å². The van der Waals surface area contributed by atoms with Crippen molar-refractivity contribution in [3.05, 3.63) is 29.3 Å². The van der Waals surface area contributed by atoms with Gasteiger partial charge in [-0.15, -0.1) is 0 Å². The molecule has 3 atom stereocenters. The Balaban J connectivity index is 2.13. The predicted octanol–water partition coefficient (Wildman–Crippen LogP) is 4.95. The highest BCUT2D eigenvalue weighted by Crippen LogP contribution is 2.38. The number of nitrogens with one attached hydrogen (secondary N) is 1. The van der Waals surface area contributed by atoms with Gasteiger partial charge in [-0.05, 0) is 56.1 Å². The van der Waals surface area contributed by atoms with Crippen molar-refractivity contribution in [2.75, 3.05) is 5.32 Å². The molecule has 1 unspecified atom stereocenters. The molecule has 0 bridgehead atoms. The zero-order valence-electron chi connectivity index (χ0n) is 14.1. The number of carbonyl (C=O) groups excluding carboxylic acids is 1. The molecule has 1 fully saturated rings. The second-order valence-corrected chi connectivity index (χ2v) is 7.24. The van der Waals surface area contributed by atoms with E-state index in [-0.39, 0.29) is 11.8 Å². The van der Waals surface area contributed by atoms with Crippen LogP contribution in [0.2, 0.25) is 0 Å². The van der Waals surface area contributed by atoms with Gasteiger partial charge in [-0.1, -0.05) is 44.9 Å². The molecule has 1 aromatic carbocycles. The van der Waals surface area contributed by atoms with E-state index in [9.17, 15) is 4.79 Å². The van der Waals surface area contributed by atoms with Crippen LogP contribution in [0.25, 0.3) is 0 Å². The number of anilines is 1. The monoisotopic (exact) mass is 287 g/mol. The van der Waals surface area contributed by atoms with E-state index in [0.717, 1.165) is 17.7 Å². The molecule has 0 aromatic heterocycles. The third kappa shape index (κ3) is 3.87. The molecule has 1 aliphatic carbocycles. The minimum Gasteiger partial charge on any atom is -0.326 e. The Morgan fingerprint density at radius 3 is 2.57 bits per heavy atom. The van der Waals surface area contributed by atoms with E-state index >= 15 is 0 Å². The van der Waals surface area contributed by atoms with Crippen molar-refractivity contribution in [3.63, 3.8) is 0 Å². The van der Waals surface area contributed by atoms with Crippen LogP contribution in [0.3, 0.4) is 0 Å². The first-order valence-electron chi connectivity index (χ1n) is 8.26. The van der Waals surface area contributed by atoms with E-state index < -0.39 is 0 Å². The van der Waals surface area contributed by atoms with Gasteiger partial charge in [0, 0.05) is 11.6 Å². The summed E-state index contributed by atoms with van der Waals surface area (Å²) in [7, 11) is 0. The molecule has 1 amide bonds. The number of hydrogen-bond acceptors (Lipinski definition) is 1. The lowest BCUT2D eigenvalue weighted by atomic mass is 9.70. The molecule has 1 saturated carbocycles. The fraction of sp³-hybridized carbons (Fsp3) is 0.632. The summed E-state index contributed by atoms with van der Waals surface area (Å²) in [5.41, 5.74) is 3.34. The number of hydrogen-bond donors (Lipinski definition) is 1. The van der Waals surface area contributed by atoms with Crippen LogP contribution in [0.1, 0.15) is 51.2 Å². The molecule has 1 aliphatic rings. The van der Waals surface area contributed by atoms with Gasteiger partial charge in [-0.25, -0.2) is 0 Å². The van der Waals surface area contributed by atoms with Crippen LogP contribution in [0.15, 0.2) is 18.2 Å². The molecular weight excluding hydrogens is 258 g/mol. The van der Waals surface area contributed by atoms with Crippen molar-refractivity contribution in [3.8, 4) is 0 Å². The van der Waals surface area contributed by atoms with Gasteiger partial charge in [0.05, 0.1) is 0 Å². The molecule has 0 heterocycles. The maximum absolute atomic E-state index is 12.8. The minimum atomic E-state index is 0.162. The molecule has 1 N–H and O–H groups in total. The Morgan fingerprint density at radius 2 is 1.95 bits per heavy atom. The summed E-state index contributed by atoms with van der Waals surface area (Å²) in [5, 5.41) is 3.17. The SMILES string of the molecule is Cc1ccc(NC(=O)[C@@H]2CC(C)CC[C@H]2C(C)C)c(C)c1. The van der Waals surface area contributed by atoms with E-state index in [1.54, 1.807) is 0 Å². The van der Waals surface area contributed by atoms with Crippen LogP contribution >= 0.6 is 0 Å². The lowest BCUT2D eigenvalue weighted by Gasteiger charge is -2.36. The highest BCUT2D eigenvalue weighted by Gasteiger charge is 2.35. The maximum Gasteiger partial charge on any atom is 0.227 e. The molecule has 21 heavy (non-hydrogen) atoms. The Bertz CT molecular complexity index is 506. The first-order valence-corrected chi connectivity index (χ1v) is 8.26.